The molecule has 0 atom stereocenters. The first-order chi connectivity index (χ1) is 11.6. The van der Waals surface area contributed by atoms with Crippen molar-refractivity contribution in [1.29, 1.82) is 0 Å². The van der Waals surface area contributed by atoms with Crippen molar-refractivity contribution in [2.75, 3.05) is 7.11 Å². The molecule has 0 radical (unpaired) electrons. The van der Waals surface area contributed by atoms with Crippen molar-refractivity contribution in [3.05, 3.63) is 59.4 Å². The molecule has 1 aliphatic heterocycles. The van der Waals surface area contributed by atoms with Crippen LogP contribution in [0.2, 0.25) is 0 Å². The summed E-state index contributed by atoms with van der Waals surface area (Å²) in [6, 6.07) is 5.85. The summed E-state index contributed by atoms with van der Waals surface area (Å²) in [6.07, 6.45) is 4.72. The molecule has 1 aliphatic rings. The number of ether oxygens (including phenoxy) is 1. The second-order valence-electron chi connectivity index (χ2n) is 4.92. The van der Waals surface area contributed by atoms with Gasteiger partial charge in [0, 0.05) is 12.4 Å². The van der Waals surface area contributed by atoms with Crippen LogP contribution in [0.5, 0.6) is 0 Å². The minimum atomic E-state index is -0.629. The standard InChI is InChI=1S/C16H13N3O5/c1-23-15(21)13-5-4-11(24-13)9-19-14(20)12(18-16(19)22)7-10-3-2-6-17-8-10/h2-8H,9H2,1H3,(H,18,22)/b12-7-. The van der Waals surface area contributed by atoms with E-state index in [1.54, 1.807) is 24.5 Å². The number of esters is 1. The van der Waals surface area contributed by atoms with Crippen LogP contribution in [0.3, 0.4) is 0 Å². The Morgan fingerprint density at radius 1 is 1.38 bits per heavy atom. The fraction of sp³-hybridized carbons (Fsp3) is 0.125. The maximum absolute atomic E-state index is 12.3. The molecule has 0 aliphatic carbocycles. The molecule has 8 nitrogen and oxygen atoms in total. The van der Waals surface area contributed by atoms with Gasteiger partial charge in [-0.25, -0.2) is 9.59 Å². The SMILES string of the molecule is COC(=O)c1ccc(CN2C(=O)N/C(=C\c3cccnc3)C2=O)o1. The van der Waals surface area contributed by atoms with Gasteiger partial charge in [-0.15, -0.1) is 0 Å². The zero-order valence-corrected chi connectivity index (χ0v) is 12.7. The maximum Gasteiger partial charge on any atom is 0.373 e. The summed E-state index contributed by atoms with van der Waals surface area (Å²) in [5.41, 5.74) is 0.835. The number of rotatable bonds is 4. The summed E-state index contributed by atoms with van der Waals surface area (Å²) in [4.78, 5) is 40.6. The third kappa shape index (κ3) is 3.02. The van der Waals surface area contributed by atoms with E-state index in [1.807, 2.05) is 0 Å². The van der Waals surface area contributed by atoms with E-state index in [9.17, 15) is 14.4 Å². The number of hydrogen-bond donors (Lipinski definition) is 1. The molecule has 8 heteroatoms. The van der Waals surface area contributed by atoms with Crippen LogP contribution in [0.25, 0.3) is 6.08 Å². The number of furan rings is 1. The van der Waals surface area contributed by atoms with Gasteiger partial charge < -0.3 is 14.5 Å². The first kappa shape index (κ1) is 15.5. The van der Waals surface area contributed by atoms with E-state index in [4.69, 9.17) is 4.42 Å². The Hall–Kier alpha value is -3.42. The third-order valence-electron chi connectivity index (χ3n) is 3.32. The molecular weight excluding hydrogens is 314 g/mol. The van der Waals surface area contributed by atoms with E-state index in [2.05, 4.69) is 15.0 Å². The highest BCUT2D eigenvalue weighted by atomic mass is 16.5. The Morgan fingerprint density at radius 3 is 2.92 bits per heavy atom. The monoisotopic (exact) mass is 327 g/mol. The molecule has 0 spiro atoms. The summed E-state index contributed by atoms with van der Waals surface area (Å²) in [6.45, 7) is -0.0912. The molecular formula is C16H13N3O5. The summed E-state index contributed by atoms with van der Waals surface area (Å²) in [5.74, 6) is -0.817. The predicted octanol–water partition coefficient (Wildman–Crippen LogP) is 1.55. The first-order valence-electron chi connectivity index (χ1n) is 7.00. The van der Waals surface area contributed by atoms with Crippen molar-refractivity contribution in [3.8, 4) is 0 Å². The van der Waals surface area contributed by atoms with Gasteiger partial charge in [-0.2, -0.15) is 0 Å². The predicted molar refractivity (Wildman–Crippen MR) is 81.3 cm³/mol. The van der Waals surface area contributed by atoms with E-state index in [0.717, 1.165) is 4.90 Å². The number of carbonyl (C=O) groups is 3. The van der Waals surface area contributed by atoms with Crippen LogP contribution in [0.1, 0.15) is 21.9 Å². The number of hydrogen-bond acceptors (Lipinski definition) is 6. The van der Waals surface area contributed by atoms with Gasteiger partial charge in [0.25, 0.3) is 5.91 Å². The smallest absolute Gasteiger partial charge is 0.373 e. The molecule has 0 aromatic carbocycles. The van der Waals surface area contributed by atoms with Gasteiger partial charge in [0.15, 0.2) is 0 Å². The van der Waals surface area contributed by atoms with Crippen LogP contribution in [0, 0.1) is 0 Å². The van der Waals surface area contributed by atoms with E-state index in [-0.39, 0.29) is 18.0 Å². The van der Waals surface area contributed by atoms with E-state index in [1.165, 1.54) is 25.3 Å². The van der Waals surface area contributed by atoms with Gasteiger partial charge in [0.05, 0.1) is 13.7 Å². The minimum Gasteiger partial charge on any atom is -0.463 e. The van der Waals surface area contributed by atoms with E-state index in [0.29, 0.717) is 11.3 Å². The van der Waals surface area contributed by atoms with E-state index >= 15 is 0 Å². The quantitative estimate of drug-likeness (QED) is 0.519. The summed E-state index contributed by atoms with van der Waals surface area (Å²) < 4.78 is 9.81. The van der Waals surface area contributed by atoms with Crippen LogP contribution in [0.15, 0.2) is 46.8 Å². The lowest BCUT2D eigenvalue weighted by Gasteiger charge is -2.09. The Labute approximate surface area is 136 Å². The number of amides is 3. The van der Waals surface area contributed by atoms with Crippen molar-refractivity contribution in [1.82, 2.24) is 15.2 Å². The van der Waals surface area contributed by atoms with Crippen LogP contribution in [-0.4, -0.2) is 34.9 Å². The highest BCUT2D eigenvalue weighted by molar-refractivity contribution is 6.13. The third-order valence-corrected chi connectivity index (χ3v) is 3.32. The van der Waals surface area contributed by atoms with Crippen molar-refractivity contribution < 1.29 is 23.5 Å². The van der Waals surface area contributed by atoms with E-state index < -0.39 is 17.9 Å². The molecule has 0 bridgehead atoms. The van der Waals surface area contributed by atoms with Crippen LogP contribution >= 0.6 is 0 Å². The second-order valence-corrected chi connectivity index (χ2v) is 4.92. The summed E-state index contributed by atoms with van der Waals surface area (Å²) in [5, 5.41) is 2.50. The largest absolute Gasteiger partial charge is 0.463 e. The van der Waals surface area contributed by atoms with Crippen molar-refractivity contribution in [3.63, 3.8) is 0 Å². The minimum absolute atomic E-state index is 0.00526. The molecule has 1 fully saturated rings. The topological polar surface area (TPSA) is 102 Å². The molecule has 3 rings (SSSR count). The number of aromatic nitrogens is 1. The molecule has 3 heterocycles. The molecule has 2 aromatic heterocycles. The Bertz CT molecular complexity index is 825. The van der Waals surface area contributed by atoms with Gasteiger partial charge >= 0.3 is 12.0 Å². The number of imide groups is 1. The van der Waals surface area contributed by atoms with Crippen molar-refractivity contribution >= 4 is 24.0 Å². The van der Waals surface area contributed by atoms with Crippen molar-refractivity contribution in [2.24, 2.45) is 0 Å². The lowest BCUT2D eigenvalue weighted by atomic mass is 10.2. The molecule has 0 saturated carbocycles. The average molecular weight is 327 g/mol. The Morgan fingerprint density at radius 2 is 2.21 bits per heavy atom. The zero-order chi connectivity index (χ0) is 17.1. The number of nitrogens with zero attached hydrogens (tertiary/aromatic N) is 2. The maximum atomic E-state index is 12.3. The average Bonchev–Trinajstić information content (AvgIpc) is 3.16. The second kappa shape index (κ2) is 6.37. The molecule has 1 N–H and O–H groups in total. The fourth-order valence-electron chi connectivity index (χ4n) is 2.17. The van der Waals surface area contributed by atoms with Gasteiger partial charge in [-0.05, 0) is 29.8 Å². The Balaban J connectivity index is 1.76. The highest BCUT2D eigenvalue weighted by Gasteiger charge is 2.34. The van der Waals surface area contributed by atoms with Gasteiger partial charge in [-0.3, -0.25) is 14.7 Å². The molecule has 122 valence electrons. The molecule has 1 saturated heterocycles. The Kier molecular flexibility index (Phi) is 4.11. The number of pyridine rings is 1. The summed E-state index contributed by atoms with van der Waals surface area (Å²) >= 11 is 0. The molecule has 0 unspecified atom stereocenters. The van der Waals surface area contributed by atoms with Crippen molar-refractivity contribution in [2.45, 2.75) is 6.54 Å². The zero-order valence-electron chi connectivity index (χ0n) is 12.7. The van der Waals surface area contributed by atoms with Crippen LogP contribution < -0.4 is 5.32 Å². The normalized spacial score (nSPS) is 15.7. The van der Waals surface area contributed by atoms with Gasteiger partial charge in [-0.1, -0.05) is 6.07 Å². The lowest BCUT2D eigenvalue weighted by molar-refractivity contribution is -0.123. The molecule has 3 amide bonds. The number of urea groups is 1. The number of methoxy groups -OCH3 is 1. The fourth-order valence-corrected chi connectivity index (χ4v) is 2.17. The van der Waals surface area contributed by atoms with Crippen LogP contribution in [0.4, 0.5) is 4.79 Å². The van der Waals surface area contributed by atoms with Crippen LogP contribution in [-0.2, 0) is 16.1 Å². The molecule has 2 aromatic rings. The lowest BCUT2D eigenvalue weighted by Crippen LogP contribution is -2.30. The van der Waals surface area contributed by atoms with Gasteiger partial charge in [0.2, 0.25) is 5.76 Å². The number of carbonyl (C=O) groups excluding carboxylic acids is 3. The summed E-state index contributed by atoms with van der Waals surface area (Å²) in [7, 11) is 1.23. The first-order valence-corrected chi connectivity index (χ1v) is 7.00. The highest BCUT2D eigenvalue weighted by Crippen LogP contribution is 2.18. The number of nitrogens with one attached hydrogen (secondary N) is 1. The molecule has 24 heavy (non-hydrogen) atoms. The van der Waals surface area contributed by atoms with Gasteiger partial charge in [0.1, 0.15) is 11.5 Å².